The maximum absolute atomic E-state index is 6.91. The lowest BCUT2D eigenvalue weighted by Crippen LogP contribution is -2.23. The molecule has 3 heterocycles. The number of para-hydroxylation sites is 4. The summed E-state index contributed by atoms with van der Waals surface area (Å²) in [5, 5.41) is 10.2. The average Bonchev–Trinajstić information content (AvgIpc) is 3.88. The number of allylic oxidation sites excluding steroid dienone is 1. The highest BCUT2D eigenvalue weighted by atomic mass is 16.3. The third kappa shape index (κ3) is 4.53. The monoisotopic (exact) mass is 671 g/mol. The first-order valence-electron chi connectivity index (χ1n) is 17.6. The van der Waals surface area contributed by atoms with E-state index in [4.69, 9.17) is 8.83 Å². The quantitative estimate of drug-likeness (QED) is 0.146. The largest absolute Gasteiger partial charge is 0.455 e. The van der Waals surface area contributed by atoms with E-state index in [0.29, 0.717) is 0 Å². The Bertz CT molecular complexity index is 3050. The van der Waals surface area contributed by atoms with Crippen LogP contribution in [-0.2, 0) is 0 Å². The Labute approximate surface area is 299 Å². The summed E-state index contributed by atoms with van der Waals surface area (Å²) in [6.07, 6.45) is 2.08. The fourth-order valence-electron chi connectivity index (χ4n) is 7.84. The van der Waals surface area contributed by atoms with Crippen LogP contribution in [0.15, 0.2) is 172 Å². The van der Waals surface area contributed by atoms with Gasteiger partial charge in [-0.15, -0.1) is 0 Å². The highest BCUT2D eigenvalue weighted by Gasteiger charge is 2.21. The van der Waals surface area contributed by atoms with Gasteiger partial charge in [0.25, 0.3) is 0 Å². The van der Waals surface area contributed by atoms with Crippen LogP contribution in [0.25, 0.3) is 88.2 Å². The summed E-state index contributed by atoms with van der Waals surface area (Å²) >= 11 is 0. The van der Waals surface area contributed by atoms with Gasteiger partial charge in [0, 0.05) is 62.1 Å². The van der Waals surface area contributed by atoms with Gasteiger partial charge in [0.15, 0.2) is 0 Å². The van der Waals surface area contributed by atoms with E-state index in [1.165, 1.54) is 0 Å². The van der Waals surface area contributed by atoms with Gasteiger partial charge in [-0.1, -0.05) is 115 Å². The topological polar surface area (TPSA) is 55.6 Å². The zero-order chi connectivity index (χ0) is 34.8. The van der Waals surface area contributed by atoms with Gasteiger partial charge in [-0.3, -0.25) is 4.99 Å². The summed E-state index contributed by atoms with van der Waals surface area (Å²) in [6, 6.07) is 53.0. The molecular formula is C47H33N3O2. The van der Waals surface area contributed by atoms with Gasteiger partial charge in [0.2, 0.25) is 0 Å². The second kappa shape index (κ2) is 11.9. The zero-order valence-corrected chi connectivity index (χ0v) is 28.7. The number of aliphatic imine (C=N–C) groups is 1. The Morgan fingerprint density at radius 2 is 1.29 bits per heavy atom. The number of aromatic nitrogens is 1. The maximum atomic E-state index is 6.91. The minimum Gasteiger partial charge on any atom is -0.455 e. The number of nitrogens with zero attached hydrogens (tertiary/aromatic N) is 2. The van der Waals surface area contributed by atoms with Gasteiger partial charge < -0.3 is 18.7 Å². The van der Waals surface area contributed by atoms with Crippen molar-refractivity contribution in [3.63, 3.8) is 0 Å². The van der Waals surface area contributed by atoms with Gasteiger partial charge in [0.05, 0.1) is 16.4 Å². The smallest absolute Gasteiger partial charge is 0.145 e. The van der Waals surface area contributed by atoms with Crippen molar-refractivity contribution in [2.24, 2.45) is 4.99 Å². The van der Waals surface area contributed by atoms with Crippen molar-refractivity contribution < 1.29 is 8.83 Å². The Morgan fingerprint density at radius 1 is 0.596 bits per heavy atom. The molecule has 1 N–H and O–H groups in total. The second-order valence-corrected chi connectivity index (χ2v) is 13.1. The molecule has 0 aliphatic heterocycles. The number of nitrogens with one attached hydrogen (secondary N) is 1. The summed E-state index contributed by atoms with van der Waals surface area (Å²) in [4.78, 5) is 4.57. The van der Waals surface area contributed by atoms with Crippen molar-refractivity contribution in [2.45, 2.75) is 6.92 Å². The van der Waals surface area contributed by atoms with Crippen LogP contribution < -0.4 is 5.32 Å². The van der Waals surface area contributed by atoms with E-state index in [2.05, 4.69) is 142 Å². The number of amidine groups is 1. The molecule has 10 aromatic rings. The standard InChI is InChI=1S/C47H33N3O2/c1-3-39(49-47(48-2)29-14-6-4-7-15-29)37-22-13-21-35-34-20-12-19-32(44(34)52-45(35)37)30-24-25-38-41(28-30)50(31-16-8-5-9-17-31)40-27-26-36-33-18-10-11-23-42(33)51-46(36)43(38)40/h3-28H,1-2H3,(H,48,49)/b39-3-. The molecule has 10 rings (SSSR count). The first kappa shape index (κ1) is 30.0. The highest BCUT2D eigenvalue weighted by Crippen LogP contribution is 2.43. The van der Waals surface area contributed by atoms with E-state index >= 15 is 0 Å². The number of rotatable bonds is 5. The SMILES string of the molecule is C/C=C(\NC(=NC)c1ccccc1)c1cccc2c1oc1c(-c3ccc4c5c6oc7ccccc7c6ccc5n(-c5ccccc5)c4c3)cccc12. The number of hydrogen-bond donors (Lipinski definition) is 1. The van der Waals surface area contributed by atoms with Gasteiger partial charge in [-0.05, 0) is 55.0 Å². The molecule has 248 valence electrons. The number of fused-ring (bicyclic) bond motifs is 10. The summed E-state index contributed by atoms with van der Waals surface area (Å²) in [7, 11) is 1.81. The minimum atomic E-state index is 0.796. The van der Waals surface area contributed by atoms with Crippen LogP contribution in [-0.4, -0.2) is 17.5 Å². The molecule has 0 unspecified atom stereocenters. The molecule has 0 amide bonds. The van der Waals surface area contributed by atoms with Gasteiger partial charge >= 0.3 is 0 Å². The summed E-state index contributed by atoms with van der Waals surface area (Å²) < 4.78 is 15.8. The van der Waals surface area contributed by atoms with Gasteiger partial charge in [0.1, 0.15) is 28.2 Å². The van der Waals surface area contributed by atoms with Gasteiger partial charge in [-0.25, -0.2) is 0 Å². The van der Waals surface area contributed by atoms with E-state index in [1.807, 2.05) is 44.3 Å². The lowest BCUT2D eigenvalue weighted by Gasteiger charge is -2.14. The van der Waals surface area contributed by atoms with Crippen LogP contribution in [0.1, 0.15) is 18.1 Å². The number of benzene rings is 7. The molecule has 52 heavy (non-hydrogen) atoms. The van der Waals surface area contributed by atoms with Crippen molar-refractivity contribution in [3.05, 3.63) is 169 Å². The predicted octanol–water partition coefficient (Wildman–Crippen LogP) is 12.3. The van der Waals surface area contributed by atoms with E-state index in [0.717, 1.165) is 105 Å². The Balaban J connectivity index is 1.17. The molecule has 3 aromatic heterocycles. The van der Waals surface area contributed by atoms with E-state index in [9.17, 15) is 0 Å². The van der Waals surface area contributed by atoms with Crippen LogP contribution in [0, 0.1) is 0 Å². The normalized spacial score (nSPS) is 12.7. The van der Waals surface area contributed by atoms with Crippen molar-refractivity contribution in [2.75, 3.05) is 7.05 Å². The molecule has 0 saturated carbocycles. The fraction of sp³-hybridized carbons (Fsp3) is 0.0426. The second-order valence-electron chi connectivity index (χ2n) is 13.1. The molecule has 7 aromatic carbocycles. The third-order valence-electron chi connectivity index (χ3n) is 10.2. The number of hydrogen-bond acceptors (Lipinski definition) is 3. The summed E-state index contributed by atoms with van der Waals surface area (Å²) in [6.45, 7) is 2.04. The van der Waals surface area contributed by atoms with E-state index < -0.39 is 0 Å². The van der Waals surface area contributed by atoms with Crippen molar-refractivity contribution in [1.29, 1.82) is 0 Å². The molecule has 0 aliphatic rings. The Kier molecular flexibility index (Phi) is 6.86. The molecular weight excluding hydrogens is 639 g/mol. The first-order valence-corrected chi connectivity index (χ1v) is 17.6. The lowest BCUT2D eigenvalue weighted by atomic mass is 10.00. The number of furan rings is 2. The van der Waals surface area contributed by atoms with Crippen molar-refractivity contribution in [1.82, 2.24) is 9.88 Å². The van der Waals surface area contributed by atoms with Gasteiger partial charge in [-0.2, -0.15) is 0 Å². The molecule has 0 fully saturated rings. The van der Waals surface area contributed by atoms with Crippen LogP contribution in [0.3, 0.4) is 0 Å². The van der Waals surface area contributed by atoms with Crippen LogP contribution in [0.4, 0.5) is 0 Å². The Morgan fingerprint density at radius 3 is 2.10 bits per heavy atom. The third-order valence-corrected chi connectivity index (χ3v) is 10.2. The maximum Gasteiger partial charge on any atom is 0.145 e. The van der Waals surface area contributed by atoms with E-state index in [-0.39, 0.29) is 0 Å². The Hall–Kier alpha value is -6.85. The molecule has 0 saturated heterocycles. The molecule has 5 heteroatoms. The molecule has 0 atom stereocenters. The zero-order valence-electron chi connectivity index (χ0n) is 28.7. The van der Waals surface area contributed by atoms with Crippen LogP contribution in [0.5, 0.6) is 0 Å². The van der Waals surface area contributed by atoms with E-state index in [1.54, 1.807) is 0 Å². The fourth-order valence-corrected chi connectivity index (χ4v) is 7.84. The highest BCUT2D eigenvalue weighted by molar-refractivity contribution is 6.24. The molecule has 0 aliphatic carbocycles. The summed E-state index contributed by atoms with van der Waals surface area (Å²) in [5.74, 6) is 0.796. The van der Waals surface area contributed by atoms with Crippen molar-refractivity contribution in [3.8, 4) is 16.8 Å². The summed E-state index contributed by atoms with van der Waals surface area (Å²) in [5.41, 5.74) is 11.9. The first-order chi connectivity index (χ1) is 25.7. The van der Waals surface area contributed by atoms with Crippen molar-refractivity contribution >= 4 is 77.2 Å². The molecule has 5 nitrogen and oxygen atoms in total. The predicted molar refractivity (Wildman–Crippen MR) is 216 cm³/mol. The van der Waals surface area contributed by atoms with Crippen LogP contribution >= 0.6 is 0 Å². The minimum absolute atomic E-state index is 0.796. The molecule has 0 bridgehead atoms. The molecule has 0 radical (unpaired) electrons. The average molecular weight is 672 g/mol. The molecule has 0 spiro atoms. The lowest BCUT2D eigenvalue weighted by molar-refractivity contribution is 0.668. The van der Waals surface area contributed by atoms with Crippen LogP contribution in [0.2, 0.25) is 0 Å².